The Morgan fingerprint density at radius 3 is 1.71 bits per heavy atom. The molecule has 1 aliphatic rings. The summed E-state index contributed by atoms with van der Waals surface area (Å²) in [4.78, 5) is 56.6. The second kappa shape index (κ2) is 9.16. The summed E-state index contributed by atoms with van der Waals surface area (Å²) in [6.07, 6.45) is -0.0284. The molecular weight excluding hydrogens is 428 g/mol. The molecule has 0 aromatic heterocycles. The van der Waals surface area contributed by atoms with Crippen LogP contribution in [0.15, 0.2) is 54.6 Å². The maximum absolute atomic E-state index is 13.8. The van der Waals surface area contributed by atoms with Gasteiger partial charge in [0.1, 0.15) is 5.92 Å². The first-order chi connectivity index (χ1) is 15.7. The van der Waals surface area contributed by atoms with E-state index in [9.17, 15) is 19.2 Å². The van der Waals surface area contributed by atoms with Gasteiger partial charge in [-0.1, -0.05) is 60.2 Å². The molecule has 2 aromatic rings. The number of imide groups is 2. The van der Waals surface area contributed by atoms with Crippen molar-refractivity contribution < 1.29 is 19.2 Å². The summed E-state index contributed by atoms with van der Waals surface area (Å²) in [5, 5.41) is 0. The Labute approximate surface area is 201 Å². The number of rotatable bonds is 5. The Balaban J connectivity index is 2.16. The van der Waals surface area contributed by atoms with E-state index >= 15 is 0 Å². The van der Waals surface area contributed by atoms with E-state index in [1.165, 1.54) is 9.80 Å². The van der Waals surface area contributed by atoms with Crippen molar-refractivity contribution in [3.05, 3.63) is 71.3 Å². The van der Waals surface area contributed by atoms with Gasteiger partial charge in [0.25, 0.3) is 0 Å². The quantitative estimate of drug-likeness (QED) is 0.443. The number of benzene rings is 2. The van der Waals surface area contributed by atoms with Crippen LogP contribution >= 0.6 is 0 Å². The van der Waals surface area contributed by atoms with Crippen LogP contribution in [0.25, 0.3) is 0 Å². The molecule has 0 unspecified atom stereocenters. The second-order valence-corrected chi connectivity index (χ2v) is 11.0. The lowest BCUT2D eigenvalue weighted by atomic mass is 9.77. The first-order valence-corrected chi connectivity index (χ1v) is 11.6. The zero-order valence-corrected chi connectivity index (χ0v) is 21.1. The van der Waals surface area contributed by atoms with Gasteiger partial charge >= 0.3 is 6.03 Å². The van der Waals surface area contributed by atoms with E-state index in [0.29, 0.717) is 5.56 Å². The van der Waals surface area contributed by atoms with Crippen molar-refractivity contribution in [1.82, 2.24) is 9.80 Å². The molecule has 1 fully saturated rings. The first kappa shape index (κ1) is 25.3. The van der Waals surface area contributed by atoms with Crippen LogP contribution in [0.2, 0.25) is 0 Å². The van der Waals surface area contributed by atoms with Crippen LogP contribution in [0.4, 0.5) is 4.79 Å². The molecule has 0 N–H and O–H groups in total. The number of hydrogen-bond donors (Lipinski definition) is 0. The van der Waals surface area contributed by atoms with Crippen molar-refractivity contribution in [2.45, 2.75) is 71.9 Å². The van der Waals surface area contributed by atoms with Gasteiger partial charge in [0, 0.05) is 29.0 Å². The Morgan fingerprint density at radius 1 is 0.794 bits per heavy atom. The molecule has 1 heterocycles. The van der Waals surface area contributed by atoms with Gasteiger partial charge in [0.05, 0.1) is 0 Å². The number of Topliss-reactive ketones (excluding diaryl/α,β-unsaturated/α-hetero) is 1. The summed E-state index contributed by atoms with van der Waals surface area (Å²) in [5.74, 6) is -3.18. The largest absolute Gasteiger partial charge is 0.334 e. The zero-order valence-electron chi connectivity index (χ0n) is 21.1. The molecule has 6 heteroatoms. The number of hydrogen-bond acceptors (Lipinski definition) is 4. The molecule has 4 amide bonds. The molecule has 1 aliphatic heterocycles. The molecule has 0 radical (unpaired) electrons. The van der Waals surface area contributed by atoms with Gasteiger partial charge in [0.15, 0.2) is 5.78 Å². The number of carbonyl (C=O) groups excluding carboxylic acids is 4. The number of nitrogens with zero attached hydrogens (tertiary/aromatic N) is 2. The highest BCUT2D eigenvalue weighted by Gasteiger charge is 2.55. The van der Waals surface area contributed by atoms with Crippen molar-refractivity contribution in [3.8, 4) is 0 Å². The van der Waals surface area contributed by atoms with E-state index in [1.807, 2.05) is 37.3 Å². The van der Waals surface area contributed by atoms with E-state index in [2.05, 4.69) is 0 Å². The van der Waals surface area contributed by atoms with Gasteiger partial charge in [-0.05, 0) is 54.0 Å². The standard InChI is InChI=1S/C28H34N2O4/c1-18-13-15-19(16-14-18)21(17-22(31)20-11-9-8-10-12-20)23-24(32)29(27(2,3)4)26(34)30(25(23)33)28(5,6)7/h8-16,21,23H,17H2,1-7H3/t21-/m1/s1. The molecular formula is C28H34N2O4. The van der Waals surface area contributed by atoms with Gasteiger partial charge in [-0.2, -0.15) is 0 Å². The maximum Gasteiger partial charge on any atom is 0.334 e. The molecule has 1 atom stereocenters. The summed E-state index contributed by atoms with van der Waals surface area (Å²) >= 11 is 0. The molecule has 3 rings (SSSR count). The van der Waals surface area contributed by atoms with Crippen LogP contribution in [-0.4, -0.2) is 44.5 Å². The smallest absolute Gasteiger partial charge is 0.294 e. The first-order valence-electron chi connectivity index (χ1n) is 11.6. The second-order valence-electron chi connectivity index (χ2n) is 11.0. The highest BCUT2D eigenvalue weighted by Crippen LogP contribution is 2.39. The lowest BCUT2D eigenvalue weighted by Gasteiger charge is -2.48. The Kier molecular flexibility index (Phi) is 6.83. The molecule has 0 bridgehead atoms. The Morgan fingerprint density at radius 2 is 1.26 bits per heavy atom. The van der Waals surface area contributed by atoms with Gasteiger partial charge in [0.2, 0.25) is 11.8 Å². The maximum atomic E-state index is 13.8. The van der Waals surface area contributed by atoms with Crippen LogP contribution in [0.5, 0.6) is 0 Å². The third-order valence-electron chi connectivity index (χ3n) is 6.11. The molecule has 34 heavy (non-hydrogen) atoms. The molecule has 2 aromatic carbocycles. The highest BCUT2D eigenvalue weighted by molar-refractivity contribution is 6.17. The monoisotopic (exact) mass is 462 g/mol. The van der Waals surface area contributed by atoms with Crippen LogP contribution in [0, 0.1) is 12.8 Å². The number of aryl methyl sites for hydroxylation is 1. The van der Waals surface area contributed by atoms with Crippen molar-refractivity contribution in [2.24, 2.45) is 5.92 Å². The van der Waals surface area contributed by atoms with Gasteiger partial charge in [-0.3, -0.25) is 24.2 Å². The lowest BCUT2D eigenvalue weighted by molar-refractivity contribution is -0.156. The summed E-state index contributed by atoms with van der Waals surface area (Å²) in [6, 6.07) is 15.8. The van der Waals surface area contributed by atoms with Crippen molar-refractivity contribution >= 4 is 23.6 Å². The number of ketones is 1. The third-order valence-corrected chi connectivity index (χ3v) is 6.11. The Hall–Kier alpha value is -3.28. The molecule has 1 saturated heterocycles. The third kappa shape index (κ3) is 4.96. The summed E-state index contributed by atoms with van der Waals surface area (Å²) in [7, 11) is 0. The van der Waals surface area contributed by atoms with Crippen LogP contribution in [-0.2, 0) is 9.59 Å². The summed E-state index contributed by atoms with van der Waals surface area (Å²) < 4.78 is 0. The highest BCUT2D eigenvalue weighted by atomic mass is 16.2. The average Bonchev–Trinajstić information content (AvgIpc) is 2.72. The fraction of sp³-hybridized carbons (Fsp3) is 0.429. The predicted octanol–water partition coefficient (Wildman–Crippen LogP) is 5.36. The minimum atomic E-state index is -1.19. The normalized spacial score (nSPS) is 16.7. The number of urea groups is 1. The van der Waals surface area contributed by atoms with Gasteiger partial charge < -0.3 is 0 Å². The molecule has 6 nitrogen and oxygen atoms in total. The van der Waals surface area contributed by atoms with Crippen molar-refractivity contribution in [3.63, 3.8) is 0 Å². The lowest BCUT2D eigenvalue weighted by Crippen LogP contribution is -2.68. The van der Waals surface area contributed by atoms with Crippen LogP contribution in [0.1, 0.15) is 75.4 Å². The van der Waals surface area contributed by atoms with Crippen LogP contribution in [0.3, 0.4) is 0 Å². The van der Waals surface area contributed by atoms with Gasteiger partial charge in [-0.25, -0.2) is 4.79 Å². The summed E-state index contributed by atoms with van der Waals surface area (Å²) in [5.41, 5.74) is 0.599. The van der Waals surface area contributed by atoms with E-state index in [-0.39, 0.29) is 12.2 Å². The SMILES string of the molecule is Cc1ccc([C@@H](CC(=O)c2ccccc2)C2C(=O)N(C(C)(C)C)C(=O)N(C(C)(C)C)C2=O)cc1. The Bertz CT molecular complexity index is 1060. The molecule has 0 aliphatic carbocycles. The average molecular weight is 463 g/mol. The number of amides is 4. The topological polar surface area (TPSA) is 74.8 Å². The number of barbiturate groups is 1. The minimum Gasteiger partial charge on any atom is -0.294 e. The fourth-order valence-corrected chi connectivity index (χ4v) is 4.43. The van der Waals surface area contributed by atoms with E-state index < -0.39 is 40.8 Å². The summed E-state index contributed by atoms with van der Waals surface area (Å²) in [6.45, 7) is 12.6. The number of carbonyl (C=O) groups is 4. The zero-order chi connectivity index (χ0) is 25.4. The minimum absolute atomic E-state index is 0.0284. The van der Waals surface area contributed by atoms with Gasteiger partial charge in [-0.15, -0.1) is 0 Å². The fourth-order valence-electron chi connectivity index (χ4n) is 4.43. The van der Waals surface area contributed by atoms with E-state index in [4.69, 9.17) is 0 Å². The van der Waals surface area contributed by atoms with Crippen molar-refractivity contribution in [1.29, 1.82) is 0 Å². The van der Waals surface area contributed by atoms with Crippen LogP contribution < -0.4 is 0 Å². The van der Waals surface area contributed by atoms with E-state index in [1.54, 1.807) is 65.8 Å². The van der Waals surface area contributed by atoms with E-state index in [0.717, 1.165) is 11.1 Å². The molecule has 0 spiro atoms. The predicted molar refractivity (Wildman–Crippen MR) is 131 cm³/mol. The van der Waals surface area contributed by atoms with Crippen molar-refractivity contribution in [2.75, 3.05) is 0 Å². The molecule has 0 saturated carbocycles. The molecule has 180 valence electrons.